The summed E-state index contributed by atoms with van der Waals surface area (Å²) in [4.78, 5) is 7.30. The van der Waals surface area contributed by atoms with Gasteiger partial charge in [-0.05, 0) is 35.1 Å². The molecule has 1 saturated heterocycles. The van der Waals surface area contributed by atoms with Gasteiger partial charge in [-0.25, -0.2) is 4.98 Å². The third-order valence-corrected chi connectivity index (χ3v) is 6.34. The van der Waals surface area contributed by atoms with Crippen molar-refractivity contribution in [2.45, 2.75) is 25.8 Å². The smallest absolute Gasteiger partial charge is 0.137 e. The van der Waals surface area contributed by atoms with Crippen LogP contribution in [0.2, 0.25) is 0 Å². The maximum Gasteiger partial charge on any atom is 0.137 e. The standard InChI is InChI=1S/C25H30N4O/c1-18(12-28-10-9-20-5-3-4-6-21(20)13-28)11-26-19(2)24-15-29-14-22(23-16-30-17-23)7-8-25(29)27-24/h3-8,14-15,18,23,26H,2,9-13,16-17H2,1H3. The highest BCUT2D eigenvalue weighted by Crippen LogP contribution is 2.25. The van der Waals surface area contributed by atoms with E-state index in [4.69, 9.17) is 9.72 Å². The molecule has 5 heteroatoms. The van der Waals surface area contributed by atoms with Gasteiger partial charge in [-0.3, -0.25) is 4.90 Å². The predicted molar refractivity (Wildman–Crippen MR) is 120 cm³/mol. The van der Waals surface area contributed by atoms with E-state index in [2.05, 4.69) is 76.9 Å². The summed E-state index contributed by atoms with van der Waals surface area (Å²) in [6.07, 6.45) is 5.39. The molecule has 3 aromatic rings. The van der Waals surface area contributed by atoms with Gasteiger partial charge in [0.1, 0.15) is 11.3 Å². The number of nitrogens with zero attached hydrogens (tertiary/aromatic N) is 3. The third kappa shape index (κ3) is 4.00. The Morgan fingerprint density at radius 2 is 2.03 bits per heavy atom. The molecule has 1 fully saturated rings. The monoisotopic (exact) mass is 402 g/mol. The normalized spacial score (nSPS) is 18.0. The zero-order valence-electron chi connectivity index (χ0n) is 17.7. The molecule has 4 heterocycles. The Balaban J connectivity index is 1.16. The average molecular weight is 403 g/mol. The first-order valence-corrected chi connectivity index (χ1v) is 10.9. The summed E-state index contributed by atoms with van der Waals surface area (Å²) in [5.74, 6) is 1.05. The summed E-state index contributed by atoms with van der Waals surface area (Å²) < 4.78 is 7.42. The van der Waals surface area contributed by atoms with E-state index in [-0.39, 0.29) is 0 Å². The van der Waals surface area contributed by atoms with Crippen molar-refractivity contribution in [3.63, 3.8) is 0 Å². The summed E-state index contributed by atoms with van der Waals surface area (Å²) in [5.41, 5.74) is 7.06. The molecule has 0 bridgehead atoms. The van der Waals surface area contributed by atoms with Crippen molar-refractivity contribution >= 4 is 11.3 Å². The molecule has 5 nitrogen and oxygen atoms in total. The molecular weight excluding hydrogens is 372 g/mol. The molecule has 1 atom stereocenters. The lowest BCUT2D eigenvalue weighted by Crippen LogP contribution is -2.36. The number of hydrogen-bond donors (Lipinski definition) is 1. The van der Waals surface area contributed by atoms with E-state index in [0.717, 1.165) is 62.9 Å². The minimum atomic E-state index is 0.518. The van der Waals surface area contributed by atoms with E-state index in [9.17, 15) is 0 Å². The molecule has 2 aliphatic rings. The first-order valence-electron chi connectivity index (χ1n) is 10.9. The number of pyridine rings is 1. The molecule has 156 valence electrons. The van der Waals surface area contributed by atoms with Crippen LogP contribution in [0.4, 0.5) is 0 Å². The predicted octanol–water partition coefficient (Wildman–Crippen LogP) is 3.70. The molecule has 0 aliphatic carbocycles. The van der Waals surface area contributed by atoms with Crippen molar-refractivity contribution in [2.24, 2.45) is 5.92 Å². The Morgan fingerprint density at radius 3 is 2.83 bits per heavy atom. The number of benzene rings is 1. The lowest BCUT2D eigenvalue weighted by Gasteiger charge is -2.31. The highest BCUT2D eigenvalue weighted by atomic mass is 16.5. The molecule has 0 saturated carbocycles. The van der Waals surface area contributed by atoms with Crippen molar-refractivity contribution in [3.8, 4) is 0 Å². The van der Waals surface area contributed by atoms with Crippen LogP contribution in [0.15, 0.2) is 55.4 Å². The summed E-state index contributed by atoms with van der Waals surface area (Å²) >= 11 is 0. The second-order valence-corrected chi connectivity index (χ2v) is 8.81. The topological polar surface area (TPSA) is 41.8 Å². The van der Waals surface area contributed by atoms with Crippen molar-refractivity contribution in [2.75, 3.05) is 32.8 Å². The fourth-order valence-electron chi connectivity index (χ4n) is 4.43. The molecule has 5 rings (SSSR count). The molecule has 0 radical (unpaired) electrons. The van der Waals surface area contributed by atoms with Crippen LogP contribution in [-0.2, 0) is 17.7 Å². The summed E-state index contributed by atoms with van der Waals surface area (Å²) in [6.45, 7) is 12.4. The average Bonchev–Trinajstić information content (AvgIpc) is 3.14. The number of rotatable bonds is 7. The molecule has 30 heavy (non-hydrogen) atoms. The Labute approximate surface area is 178 Å². The van der Waals surface area contributed by atoms with E-state index in [1.807, 2.05) is 0 Å². The van der Waals surface area contributed by atoms with Crippen molar-refractivity contribution < 1.29 is 4.74 Å². The quantitative estimate of drug-likeness (QED) is 0.654. The van der Waals surface area contributed by atoms with Crippen LogP contribution in [0.25, 0.3) is 11.3 Å². The fourth-order valence-corrected chi connectivity index (χ4v) is 4.43. The van der Waals surface area contributed by atoms with Gasteiger partial charge in [-0.15, -0.1) is 0 Å². The Bertz CT molecular complexity index is 1050. The molecule has 1 N–H and O–H groups in total. The number of nitrogens with one attached hydrogen (secondary N) is 1. The minimum Gasteiger partial charge on any atom is -0.383 e. The number of ether oxygens (including phenoxy) is 1. The summed E-state index contributed by atoms with van der Waals surface area (Å²) in [5, 5.41) is 3.51. The van der Waals surface area contributed by atoms with Crippen LogP contribution in [0, 0.1) is 5.92 Å². The highest BCUT2D eigenvalue weighted by molar-refractivity contribution is 5.61. The number of imidazole rings is 1. The Hall–Kier alpha value is -2.63. The van der Waals surface area contributed by atoms with E-state index in [1.54, 1.807) is 0 Å². The van der Waals surface area contributed by atoms with Gasteiger partial charge in [0.05, 0.1) is 18.9 Å². The Kier molecular flexibility index (Phi) is 5.32. The first kappa shape index (κ1) is 19.3. The summed E-state index contributed by atoms with van der Waals surface area (Å²) in [6, 6.07) is 13.1. The van der Waals surface area contributed by atoms with Gasteiger partial charge in [0.15, 0.2) is 0 Å². The zero-order valence-corrected chi connectivity index (χ0v) is 17.7. The fraction of sp³-hybridized carbons (Fsp3) is 0.400. The molecule has 0 spiro atoms. The van der Waals surface area contributed by atoms with Crippen LogP contribution < -0.4 is 5.32 Å². The molecular formula is C25H30N4O. The molecule has 2 aromatic heterocycles. The first-order chi connectivity index (χ1) is 14.7. The summed E-state index contributed by atoms with van der Waals surface area (Å²) in [7, 11) is 0. The zero-order chi connectivity index (χ0) is 20.5. The second kappa shape index (κ2) is 8.25. The molecule has 1 aromatic carbocycles. The van der Waals surface area contributed by atoms with Gasteiger partial charge in [0, 0.05) is 44.5 Å². The largest absolute Gasteiger partial charge is 0.383 e. The molecule has 2 aliphatic heterocycles. The number of aromatic nitrogens is 2. The van der Waals surface area contributed by atoms with E-state index < -0.39 is 0 Å². The molecule has 0 amide bonds. The van der Waals surface area contributed by atoms with Crippen molar-refractivity contribution in [1.29, 1.82) is 0 Å². The Morgan fingerprint density at radius 1 is 1.20 bits per heavy atom. The van der Waals surface area contributed by atoms with Gasteiger partial charge >= 0.3 is 0 Å². The van der Waals surface area contributed by atoms with Crippen molar-refractivity contribution in [3.05, 3.63) is 77.8 Å². The van der Waals surface area contributed by atoms with Crippen LogP contribution in [-0.4, -0.2) is 47.1 Å². The highest BCUT2D eigenvalue weighted by Gasteiger charge is 2.21. The van der Waals surface area contributed by atoms with Crippen LogP contribution >= 0.6 is 0 Å². The van der Waals surface area contributed by atoms with E-state index in [0.29, 0.717) is 11.8 Å². The van der Waals surface area contributed by atoms with Gasteiger partial charge in [-0.2, -0.15) is 0 Å². The van der Waals surface area contributed by atoms with E-state index in [1.165, 1.54) is 16.7 Å². The van der Waals surface area contributed by atoms with Crippen LogP contribution in [0.1, 0.15) is 35.2 Å². The second-order valence-electron chi connectivity index (χ2n) is 8.81. The van der Waals surface area contributed by atoms with Crippen LogP contribution in [0.5, 0.6) is 0 Å². The van der Waals surface area contributed by atoms with Crippen molar-refractivity contribution in [1.82, 2.24) is 19.6 Å². The van der Waals surface area contributed by atoms with Gasteiger partial charge in [0.25, 0.3) is 0 Å². The molecule has 1 unspecified atom stereocenters. The maximum atomic E-state index is 5.32. The maximum absolute atomic E-state index is 5.32. The van der Waals surface area contributed by atoms with E-state index >= 15 is 0 Å². The SMILES string of the molecule is C=C(NCC(C)CN1CCc2ccccc2C1)c1cn2cc(C3COC3)ccc2n1. The minimum absolute atomic E-state index is 0.518. The van der Waals surface area contributed by atoms with Gasteiger partial charge < -0.3 is 14.5 Å². The number of fused-ring (bicyclic) bond motifs is 2. The lowest BCUT2D eigenvalue weighted by molar-refractivity contribution is 0.00827. The van der Waals surface area contributed by atoms with Gasteiger partial charge in [0.2, 0.25) is 0 Å². The van der Waals surface area contributed by atoms with Gasteiger partial charge in [-0.1, -0.05) is 43.8 Å². The number of hydrogen-bond acceptors (Lipinski definition) is 4. The lowest BCUT2D eigenvalue weighted by atomic mass is 9.99. The van der Waals surface area contributed by atoms with Crippen LogP contribution in [0.3, 0.4) is 0 Å². The third-order valence-electron chi connectivity index (χ3n) is 6.34.